The minimum atomic E-state index is -0.0717. The van der Waals surface area contributed by atoms with Crippen molar-refractivity contribution in [2.45, 2.75) is 58.8 Å². The lowest BCUT2D eigenvalue weighted by Gasteiger charge is -2.26. The Morgan fingerprint density at radius 1 is 0.896 bits per heavy atom. The molecule has 0 heterocycles. The van der Waals surface area contributed by atoms with Gasteiger partial charge in [-0.05, 0) is 89.3 Å². The van der Waals surface area contributed by atoms with E-state index in [-0.39, 0.29) is 11.3 Å². The molecule has 2 nitrogen and oxygen atoms in total. The first-order valence-electron chi connectivity index (χ1n) is 17.4. The fourth-order valence-electron chi connectivity index (χ4n) is 7.18. The number of rotatable bonds is 11. The van der Waals surface area contributed by atoms with E-state index in [1.807, 2.05) is 6.08 Å². The zero-order valence-corrected chi connectivity index (χ0v) is 29.2. The quantitative estimate of drug-likeness (QED) is 0.119. The van der Waals surface area contributed by atoms with Crippen LogP contribution in [0.5, 0.6) is 0 Å². The number of allylic oxidation sites excluding steroid dienone is 7. The third-order valence-corrected chi connectivity index (χ3v) is 9.90. The van der Waals surface area contributed by atoms with Gasteiger partial charge in [-0.1, -0.05) is 136 Å². The lowest BCUT2D eigenvalue weighted by atomic mass is 9.81. The molecule has 242 valence electrons. The van der Waals surface area contributed by atoms with E-state index in [4.69, 9.17) is 4.99 Å². The van der Waals surface area contributed by atoms with Crippen LogP contribution in [0.1, 0.15) is 75.6 Å². The standard InChI is InChI=1S/C46H48N2/c1-7-17-38(44(18-8-2)47-33(3)34-25-27-36(28-26-34)35-19-11-9-12-20-35)29-30-48(6)45-32-43-41(31-40(45)37-21-13-10-14-22-37)39-23-15-16-24-42(39)46(43,4)5/h7,9-11,13-16,18-19,21-32,38H,1,8,12,17,20H2,2-6H3/b30-29-,44-18+,47-33?. The van der Waals surface area contributed by atoms with Crippen LogP contribution in [0.4, 0.5) is 5.69 Å². The molecule has 1 atom stereocenters. The molecule has 6 rings (SSSR count). The zero-order chi connectivity index (χ0) is 33.7. The molecule has 2 aliphatic rings. The molecule has 0 radical (unpaired) electrons. The van der Waals surface area contributed by atoms with Gasteiger partial charge in [0.2, 0.25) is 0 Å². The molecule has 1 unspecified atom stereocenters. The van der Waals surface area contributed by atoms with Crippen molar-refractivity contribution >= 4 is 17.0 Å². The highest BCUT2D eigenvalue weighted by molar-refractivity contribution is 5.99. The highest BCUT2D eigenvalue weighted by atomic mass is 15.1. The summed E-state index contributed by atoms with van der Waals surface area (Å²) >= 11 is 0. The fourth-order valence-corrected chi connectivity index (χ4v) is 7.18. The summed E-state index contributed by atoms with van der Waals surface area (Å²) in [7, 11) is 2.17. The summed E-state index contributed by atoms with van der Waals surface area (Å²) in [6.45, 7) is 13.1. The second-order valence-electron chi connectivity index (χ2n) is 13.5. The van der Waals surface area contributed by atoms with Gasteiger partial charge in [0.05, 0.1) is 0 Å². The summed E-state index contributed by atoms with van der Waals surface area (Å²) in [5.74, 6) is 0.105. The molecule has 2 aliphatic carbocycles. The summed E-state index contributed by atoms with van der Waals surface area (Å²) in [5, 5.41) is 0. The van der Waals surface area contributed by atoms with Gasteiger partial charge in [0, 0.05) is 47.2 Å². The van der Waals surface area contributed by atoms with Crippen LogP contribution in [0.25, 0.3) is 27.8 Å². The van der Waals surface area contributed by atoms with Gasteiger partial charge in [0.1, 0.15) is 0 Å². The van der Waals surface area contributed by atoms with E-state index in [9.17, 15) is 0 Å². The van der Waals surface area contributed by atoms with Crippen molar-refractivity contribution in [1.29, 1.82) is 0 Å². The Morgan fingerprint density at radius 3 is 2.35 bits per heavy atom. The Hall–Kier alpha value is -4.95. The van der Waals surface area contributed by atoms with Crippen molar-refractivity contribution in [1.82, 2.24) is 0 Å². The van der Waals surface area contributed by atoms with Crippen LogP contribution < -0.4 is 4.90 Å². The molecule has 4 aromatic rings. The van der Waals surface area contributed by atoms with E-state index in [0.29, 0.717) is 0 Å². The highest BCUT2D eigenvalue weighted by Crippen LogP contribution is 2.51. The Labute approximate surface area is 288 Å². The smallest absolute Gasteiger partial charge is 0.0486 e. The number of hydrogen-bond donors (Lipinski definition) is 0. The van der Waals surface area contributed by atoms with Crippen molar-refractivity contribution in [2.24, 2.45) is 10.9 Å². The van der Waals surface area contributed by atoms with Crippen molar-refractivity contribution < 1.29 is 0 Å². The largest absolute Gasteiger partial charge is 0.351 e. The summed E-state index contributed by atoms with van der Waals surface area (Å²) < 4.78 is 0. The molecule has 0 aliphatic heterocycles. The highest BCUT2D eigenvalue weighted by Gasteiger charge is 2.36. The number of hydrogen-bond acceptors (Lipinski definition) is 2. The van der Waals surface area contributed by atoms with Gasteiger partial charge in [-0.15, -0.1) is 6.58 Å². The Morgan fingerprint density at radius 2 is 1.65 bits per heavy atom. The van der Waals surface area contributed by atoms with E-state index < -0.39 is 0 Å². The van der Waals surface area contributed by atoms with Gasteiger partial charge in [0.25, 0.3) is 0 Å². The summed E-state index contributed by atoms with van der Waals surface area (Å²) in [6, 6.07) is 33.3. The molecule has 0 spiro atoms. The van der Waals surface area contributed by atoms with Crippen molar-refractivity contribution in [3.63, 3.8) is 0 Å². The lowest BCUT2D eigenvalue weighted by Crippen LogP contribution is -2.17. The molecule has 0 saturated carbocycles. The minimum Gasteiger partial charge on any atom is -0.351 e. The van der Waals surface area contributed by atoms with Crippen molar-refractivity contribution in [3.05, 3.63) is 168 Å². The number of anilines is 1. The number of benzene rings is 4. The first-order chi connectivity index (χ1) is 23.3. The number of nitrogens with zero attached hydrogens (tertiary/aromatic N) is 2. The molecule has 0 aromatic heterocycles. The van der Waals surface area contributed by atoms with Gasteiger partial charge >= 0.3 is 0 Å². The second kappa shape index (κ2) is 14.4. The fraction of sp³-hybridized carbons (Fsp3) is 0.239. The Bertz CT molecular complexity index is 1930. The predicted octanol–water partition coefficient (Wildman–Crippen LogP) is 12.3. The van der Waals surface area contributed by atoms with Crippen LogP contribution in [0.3, 0.4) is 0 Å². The number of aliphatic imine (C=N–C) groups is 1. The lowest BCUT2D eigenvalue weighted by molar-refractivity contribution is 0.660. The summed E-state index contributed by atoms with van der Waals surface area (Å²) in [4.78, 5) is 7.52. The average Bonchev–Trinajstić information content (AvgIpc) is 3.35. The van der Waals surface area contributed by atoms with E-state index in [1.54, 1.807) is 0 Å². The molecule has 0 saturated heterocycles. The molecule has 48 heavy (non-hydrogen) atoms. The maximum atomic E-state index is 5.24. The minimum absolute atomic E-state index is 0.0717. The van der Waals surface area contributed by atoms with Crippen LogP contribution in [0, 0.1) is 5.92 Å². The van der Waals surface area contributed by atoms with Crippen LogP contribution in [0.15, 0.2) is 151 Å². The normalized spacial score (nSPS) is 16.0. The molecular weight excluding hydrogens is 581 g/mol. The molecule has 4 aromatic carbocycles. The topological polar surface area (TPSA) is 15.6 Å². The van der Waals surface area contributed by atoms with Gasteiger partial charge < -0.3 is 4.90 Å². The third-order valence-electron chi connectivity index (χ3n) is 9.90. The van der Waals surface area contributed by atoms with E-state index in [2.05, 4.69) is 174 Å². The third kappa shape index (κ3) is 6.71. The van der Waals surface area contributed by atoms with Gasteiger partial charge in [-0.25, -0.2) is 0 Å². The summed E-state index contributed by atoms with van der Waals surface area (Å²) in [5.41, 5.74) is 15.0. The second-order valence-corrected chi connectivity index (χ2v) is 13.5. The van der Waals surface area contributed by atoms with Crippen LogP contribution in [0.2, 0.25) is 0 Å². The molecule has 0 fully saturated rings. The summed E-state index contributed by atoms with van der Waals surface area (Å²) in [6.07, 6.45) is 19.4. The SMILES string of the molecule is C=CCC(/C=C\N(C)c1cc2c(cc1-c1ccccc1)-c1ccccc1C2(C)C)/C(=C\CC)N=C(C)c1ccc(C2=CC=CCC2)cc1. The van der Waals surface area contributed by atoms with Gasteiger partial charge in [-0.3, -0.25) is 4.99 Å². The van der Waals surface area contributed by atoms with Crippen molar-refractivity contribution in [3.8, 4) is 22.3 Å². The van der Waals surface area contributed by atoms with Crippen LogP contribution >= 0.6 is 0 Å². The Kier molecular flexibility index (Phi) is 9.92. The van der Waals surface area contributed by atoms with Crippen molar-refractivity contribution in [2.75, 3.05) is 11.9 Å². The molecule has 0 bridgehead atoms. The maximum absolute atomic E-state index is 5.24. The Balaban J connectivity index is 1.33. The van der Waals surface area contributed by atoms with Gasteiger partial charge in [0.15, 0.2) is 0 Å². The van der Waals surface area contributed by atoms with E-state index >= 15 is 0 Å². The van der Waals surface area contributed by atoms with Crippen LogP contribution in [-0.4, -0.2) is 12.8 Å². The maximum Gasteiger partial charge on any atom is 0.0486 e. The average molecular weight is 629 g/mol. The molecule has 0 amide bonds. The zero-order valence-electron chi connectivity index (χ0n) is 29.2. The van der Waals surface area contributed by atoms with E-state index in [1.165, 1.54) is 50.2 Å². The van der Waals surface area contributed by atoms with E-state index in [0.717, 1.165) is 42.7 Å². The molecule has 0 N–H and O–H groups in total. The monoisotopic (exact) mass is 628 g/mol. The van der Waals surface area contributed by atoms with Gasteiger partial charge in [-0.2, -0.15) is 0 Å². The molecular formula is C46H48N2. The predicted molar refractivity (Wildman–Crippen MR) is 209 cm³/mol. The first-order valence-corrected chi connectivity index (χ1v) is 17.4. The van der Waals surface area contributed by atoms with Crippen LogP contribution in [-0.2, 0) is 5.41 Å². The molecule has 2 heteroatoms. The number of fused-ring (bicyclic) bond motifs is 3. The first kappa shape index (κ1) is 33.0.